The van der Waals surface area contributed by atoms with E-state index in [1.807, 2.05) is 6.26 Å². The summed E-state index contributed by atoms with van der Waals surface area (Å²) in [6.07, 6.45) is 4.12. The van der Waals surface area contributed by atoms with Gasteiger partial charge in [0.2, 0.25) is 0 Å². The summed E-state index contributed by atoms with van der Waals surface area (Å²) in [6.45, 7) is 6.39. The quantitative estimate of drug-likeness (QED) is 0.777. The van der Waals surface area contributed by atoms with Crippen molar-refractivity contribution >= 4 is 11.0 Å². The largest absolute Gasteiger partial charge is 0.464 e. The van der Waals surface area contributed by atoms with Gasteiger partial charge in [0, 0.05) is 5.39 Å². The Balaban J connectivity index is 2.10. The zero-order chi connectivity index (χ0) is 11.4. The lowest BCUT2D eigenvalue weighted by Crippen LogP contribution is -2.17. The molecule has 0 bridgehead atoms. The highest BCUT2D eigenvalue weighted by Gasteiger charge is 2.06. The second-order valence-electron chi connectivity index (χ2n) is 4.21. The first-order valence-electron chi connectivity index (χ1n) is 5.99. The minimum Gasteiger partial charge on any atom is -0.464 e. The van der Waals surface area contributed by atoms with Gasteiger partial charge in [-0.15, -0.1) is 0 Å². The van der Waals surface area contributed by atoms with Crippen LogP contribution < -0.4 is 5.32 Å². The molecule has 86 valence electrons. The summed E-state index contributed by atoms with van der Waals surface area (Å²) in [7, 11) is 0. The SMILES string of the molecule is CCCNCCc1coc2c(C)cccc12. The van der Waals surface area contributed by atoms with Crippen LogP contribution in [0, 0.1) is 6.92 Å². The second kappa shape index (κ2) is 5.17. The summed E-state index contributed by atoms with van der Waals surface area (Å²) in [4.78, 5) is 0. The summed E-state index contributed by atoms with van der Waals surface area (Å²) in [5, 5.41) is 4.67. The standard InChI is InChI=1S/C14H19NO/c1-3-8-15-9-7-12-10-16-14-11(2)5-4-6-13(12)14/h4-6,10,15H,3,7-9H2,1-2H3. The maximum atomic E-state index is 5.61. The van der Waals surface area contributed by atoms with Gasteiger partial charge in [-0.3, -0.25) is 0 Å². The van der Waals surface area contributed by atoms with Crippen molar-refractivity contribution in [2.24, 2.45) is 0 Å². The first-order valence-corrected chi connectivity index (χ1v) is 5.99. The minimum absolute atomic E-state index is 1.02. The van der Waals surface area contributed by atoms with Crippen molar-refractivity contribution in [2.45, 2.75) is 26.7 Å². The molecular weight excluding hydrogens is 198 g/mol. The number of benzene rings is 1. The maximum absolute atomic E-state index is 5.61. The van der Waals surface area contributed by atoms with E-state index in [2.05, 4.69) is 37.4 Å². The molecule has 0 aliphatic heterocycles. The summed E-state index contributed by atoms with van der Waals surface area (Å²) >= 11 is 0. The van der Waals surface area contributed by atoms with Crippen molar-refractivity contribution in [1.29, 1.82) is 0 Å². The molecule has 2 nitrogen and oxygen atoms in total. The van der Waals surface area contributed by atoms with Gasteiger partial charge in [-0.25, -0.2) is 0 Å². The van der Waals surface area contributed by atoms with Crippen molar-refractivity contribution in [3.8, 4) is 0 Å². The van der Waals surface area contributed by atoms with Crippen LogP contribution in [-0.4, -0.2) is 13.1 Å². The van der Waals surface area contributed by atoms with Crippen LogP contribution in [0.2, 0.25) is 0 Å². The van der Waals surface area contributed by atoms with Crippen molar-refractivity contribution in [1.82, 2.24) is 5.32 Å². The van der Waals surface area contributed by atoms with Gasteiger partial charge in [0.05, 0.1) is 6.26 Å². The predicted molar refractivity (Wildman–Crippen MR) is 67.8 cm³/mol. The molecule has 1 N–H and O–H groups in total. The summed E-state index contributed by atoms with van der Waals surface area (Å²) in [5.41, 5.74) is 3.56. The van der Waals surface area contributed by atoms with Crippen LogP contribution >= 0.6 is 0 Å². The van der Waals surface area contributed by atoms with Gasteiger partial charge < -0.3 is 9.73 Å². The second-order valence-corrected chi connectivity index (χ2v) is 4.21. The fourth-order valence-electron chi connectivity index (χ4n) is 1.97. The number of furan rings is 1. The van der Waals surface area contributed by atoms with Crippen LogP contribution in [0.3, 0.4) is 0 Å². The van der Waals surface area contributed by atoms with Crippen LogP contribution in [0.4, 0.5) is 0 Å². The molecule has 0 fully saturated rings. The van der Waals surface area contributed by atoms with Gasteiger partial charge >= 0.3 is 0 Å². The number of hydrogen-bond donors (Lipinski definition) is 1. The lowest BCUT2D eigenvalue weighted by Gasteiger charge is -2.01. The molecule has 1 aromatic heterocycles. The zero-order valence-electron chi connectivity index (χ0n) is 10.0. The smallest absolute Gasteiger partial charge is 0.137 e. The van der Waals surface area contributed by atoms with Crippen LogP contribution in [0.5, 0.6) is 0 Å². The van der Waals surface area contributed by atoms with E-state index in [0.717, 1.165) is 25.1 Å². The molecule has 0 spiro atoms. The Morgan fingerprint density at radius 3 is 2.94 bits per heavy atom. The lowest BCUT2D eigenvalue weighted by atomic mass is 10.1. The van der Waals surface area contributed by atoms with Crippen molar-refractivity contribution in [2.75, 3.05) is 13.1 Å². The normalized spacial score (nSPS) is 11.1. The Bertz CT molecular complexity index is 459. The average molecular weight is 217 g/mol. The molecular formula is C14H19NO. The molecule has 0 radical (unpaired) electrons. The van der Waals surface area contributed by atoms with Gasteiger partial charge in [0.25, 0.3) is 0 Å². The highest BCUT2D eigenvalue weighted by Crippen LogP contribution is 2.24. The molecule has 0 saturated carbocycles. The van der Waals surface area contributed by atoms with Crippen LogP contribution in [0.15, 0.2) is 28.9 Å². The number of aryl methyl sites for hydroxylation is 1. The van der Waals surface area contributed by atoms with Gasteiger partial charge in [-0.1, -0.05) is 25.1 Å². The molecule has 1 heterocycles. The molecule has 0 atom stereocenters. The highest BCUT2D eigenvalue weighted by atomic mass is 16.3. The third kappa shape index (κ3) is 2.27. The summed E-state index contributed by atoms with van der Waals surface area (Å²) in [6, 6.07) is 6.32. The number of hydrogen-bond acceptors (Lipinski definition) is 2. The van der Waals surface area contributed by atoms with Gasteiger partial charge in [-0.05, 0) is 44.0 Å². The molecule has 0 saturated heterocycles. The van der Waals surface area contributed by atoms with Gasteiger partial charge in [0.1, 0.15) is 5.58 Å². The van der Waals surface area contributed by atoms with E-state index in [4.69, 9.17) is 4.42 Å². The fraction of sp³-hybridized carbons (Fsp3) is 0.429. The van der Waals surface area contributed by atoms with Crippen molar-refractivity contribution in [3.63, 3.8) is 0 Å². The van der Waals surface area contributed by atoms with E-state index in [1.165, 1.54) is 22.9 Å². The number of nitrogens with one attached hydrogen (secondary N) is 1. The zero-order valence-corrected chi connectivity index (χ0v) is 10.0. The first-order chi connectivity index (χ1) is 7.83. The van der Waals surface area contributed by atoms with Crippen LogP contribution in [0.1, 0.15) is 24.5 Å². The predicted octanol–water partition coefficient (Wildman–Crippen LogP) is 3.28. The molecule has 2 heteroatoms. The molecule has 0 unspecified atom stereocenters. The molecule has 0 amide bonds. The number of rotatable bonds is 5. The first kappa shape index (κ1) is 11.2. The van der Waals surface area contributed by atoms with Gasteiger partial charge in [-0.2, -0.15) is 0 Å². The minimum atomic E-state index is 1.02. The molecule has 2 rings (SSSR count). The Morgan fingerprint density at radius 2 is 2.12 bits per heavy atom. The third-order valence-corrected chi connectivity index (χ3v) is 2.87. The van der Waals surface area contributed by atoms with E-state index in [1.54, 1.807) is 0 Å². The van der Waals surface area contributed by atoms with E-state index in [9.17, 15) is 0 Å². The highest BCUT2D eigenvalue weighted by molar-refractivity contribution is 5.83. The van der Waals surface area contributed by atoms with Gasteiger partial charge in [0.15, 0.2) is 0 Å². The molecule has 0 aliphatic carbocycles. The van der Waals surface area contributed by atoms with Crippen LogP contribution in [-0.2, 0) is 6.42 Å². The Hall–Kier alpha value is -1.28. The van der Waals surface area contributed by atoms with Crippen molar-refractivity contribution in [3.05, 3.63) is 35.6 Å². The fourth-order valence-corrected chi connectivity index (χ4v) is 1.97. The molecule has 2 aromatic rings. The van der Waals surface area contributed by atoms with Crippen LogP contribution in [0.25, 0.3) is 11.0 Å². The van der Waals surface area contributed by atoms with E-state index in [-0.39, 0.29) is 0 Å². The molecule has 1 aromatic carbocycles. The summed E-state index contributed by atoms with van der Waals surface area (Å²) in [5.74, 6) is 0. The Kier molecular flexibility index (Phi) is 3.62. The lowest BCUT2D eigenvalue weighted by molar-refractivity contribution is 0.603. The Labute approximate surface area is 96.6 Å². The molecule has 0 aliphatic rings. The van der Waals surface area contributed by atoms with E-state index in [0.29, 0.717) is 0 Å². The summed E-state index contributed by atoms with van der Waals surface area (Å²) < 4.78 is 5.61. The topological polar surface area (TPSA) is 25.2 Å². The maximum Gasteiger partial charge on any atom is 0.137 e. The number of para-hydroxylation sites is 1. The molecule has 16 heavy (non-hydrogen) atoms. The Morgan fingerprint density at radius 1 is 1.25 bits per heavy atom. The van der Waals surface area contributed by atoms with Crippen molar-refractivity contribution < 1.29 is 4.42 Å². The third-order valence-electron chi connectivity index (χ3n) is 2.87. The average Bonchev–Trinajstić information content (AvgIpc) is 2.70. The monoisotopic (exact) mass is 217 g/mol. The number of fused-ring (bicyclic) bond motifs is 1. The van der Waals surface area contributed by atoms with E-state index >= 15 is 0 Å². The van der Waals surface area contributed by atoms with E-state index < -0.39 is 0 Å².